The molecule has 1 atom stereocenters. The lowest BCUT2D eigenvalue weighted by Gasteiger charge is -2.12. The summed E-state index contributed by atoms with van der Waals surface area (Å²) in [4.78, 5) is 27.4. The number of pyridine rings is 1. The number of nitrogens with one attached hydrogen (secondary N) is 1. The molecule has 0 bridgehead atoms. The largest absolute Gasteiger partial charge is 0.467 e. The summed E-state index contributed by atoms with van der Waals surface area (Å²) in [5, 5.41) is 10.5. The second kappa shape index (κ2) is 8.49. The summed E-state index contributed by atoms with van der Waals surface area (Å²) in [6.45, 7) is 2.05. The van der Waals surface area contributed by atoms with Crippen molar-refractivity contribution in [1.82, 2.24) is 25.1 Å². The number of carbonyl (C=O) groups is 2. The maximum absolute atomic E-state index is 12.1. The molecule has 27 heavy (non-hydrogen) atoms. The molecule has 0 radical (unpaired) electrons. The van der Waals surface area contributed by atoms with Crippen LogP contribution in [0.1, 0.15) is 12.7 Å². The Labute approximate surface area is 159 Å². The lowest BCUT2D eigenvalue weighted by molar-refractivity contribution is -0.119. The van der Waals surface area contributed by atoms with Crippen molar-refractivity contribution >= 4 is 23.8 Å². The molecule has 1 N–H and O–H groups in total. The van der Waals surface area contributed by atoms with E-state index in [4.69, 9.17) is 4.42 Å². The quantitative estimate of drug-likeness (QED) is 0.642. The van der Waals surface area contributed by atoms with Gasteiger partial charge in [0.05, 0.1) is 25.2 Å². The van der Waals surface area contributed by atoms with Gasteiger partial charge in [-0.05, 0) is 31.2 Å². The molecule has 3 rings (SSSR count). The van der Waals surface area contributed by atoms with Crippen molar-refractivity contribution in [2.45, 2.75) is 23.9 Å². The second-order valence-electron chi connectivity index (χ2n) is 5.45. The Bertz CT molecular complexity index is 911. The van der Waals surface area contributed by atoms with Gasteiger partial charge in [0.25, 0.3) is 0 Å². The number of furan rings is 1. The highest BCUT2D eigenvalue weighted by Gasteiger charge is 2.23. The zero-order chi connectivity index (χ0) is 19.2. The zero-order valence-electron chi connectivity index (χ0n) is 14.7. The lowest BCUT2D eigenvalue weighted by atomic mass is 10.2. The average Bonchev–Trinajstić information content (AvgIpc) is 3.33. The van der Waals surface area contributed by atoms with Crippen LogP contribution in [0.25, 0.3) is 11.4 Å². The predicted molar refractivity (Wildman–Crippen MR) is 96.9 cm³/mol. The van der Waals surface area contributed by atoms with Crippen LogP contribution >= 0.6 is 11.8 Å². The summed E-state index contributed by atoms with van der Waals surface area (Å²) in [5.41, 5.74) is 0.787. The third kappa shape index (κ3) is 4.53. The predicted octanol–water partition coefficient (Wildman–Crippen LogP) is 2.34. The minimum Gasteiger partial charge on any atom is -0.467 e. The Morgan fingerprint density at radius 2 is 2.19 bits per heavy atom. The summed E-state index contributed by atoms with van der Waals surface area (Å²) in [7, 11) is 1.20. The Morgan fingerprint density at radius 1 is 1.33 bits per heavy atom. The van der Waals surface area contributed by atoms with Gasteiger partial charge in [0.15, 0.2) is 11.0 Å². The fourth-order valence-corrected chi connectivity index (χ4v) is 3.10. The van der Waals surface area contributed by atoms with E-state index in [0.717, 1.165) is 5.56 Å². The zero-order valence-corrected chi connectivity index (χ0v) is 15.5. The smallest absolute Gasteiger partial charge is 0.413 e. The van der Waals surface area contributed by atoms with Crippen molar-refractivity contribution in [3.05, 3.63) is 48.7 Å². The molecule has 9 nitrogen and oxygen atoms in total. The molecule has 0 saturated heterocycles. The van der Waals surface area contributed by atoms with E-state index < -0.39 is 17.3 Å². The molecule has 0 aromatic carbocycles. The average molecular weight is 387 g/mol. The number of imide groups is 1. The summed E-state index contributed by atoms with van der Waals surface area (Å²) in [6.07, 6.45) is 4.14. The van der Waals surface area contributed by atoms with Crippen molar-refractivity contribution < 1.29 is 18.7 Å². The molecule has 0 aliphatic heterocycles. The molecule has 0 aliphatic carbocycles. The number of methoxy groups -OCH3 is 1. The lowest BCUT2D eigenvalue weighted by Crippen LogP contribution is -2.36. The van der Waals surface area contributed by atoms with Crippen molar-refractivity contribution in [3.8, 4) is 11.4 Å². The van der Waals surface area contributed by atoms with Gasteiger partial charge in [-0.2, -0.15) is 0 Å². The third-order valence-corrected chi connectivity index (χ3v) is 4.67. The summed E-state index contributed by atoms with van der Waals surface area (Å²) in [6, 6.07) is 7.32. The van der Waals surface area contributed by atoms with E-state index in [0.29, 0.717) is 23.3 Å². The first-order valence-corrected chi connectivity index (χ1v) is 8.88. The van der Waals surface area contributed by atoms with Gasteiger partial charge in [-0.3, -0.25) is 19.7 Å². The standard InChI is InChI=1S/C17H17N5O4S/c1-11(15(23)19-17(24)25-2)27-16-21-20-14(12-5-3-7-18-9-12)22(16)10-13-6-4-8-26-13/h3-9,11H,10H2,1-2H3,(H,19,23,24)/t11-/m0/s1. The van der Waals surface area contributed by atoms with Crippen molar-refractivity contribution in [2.75, 3.05) is 7.11 Å². The van der Waals surface area contributed by atoms with Crippen molar-refractivity contribution in [3.63, 3.8) is 0 Å². The summed E-state index contributed by atoms with van der Waals surface area (Å²) >= 11 is 1.18. The van der Waals surface area contributed by atoms with E-state index in [1.165, 1.54) is 18.9 Å². The molecule has 0 aliphatic rings. The number of rotatable bonds is 6. The van der Waals surface area contributed by atoms with Crippen LogP contribution in [0.15, 0.2) is 52.5 Å². The number of carbonyl (C=O) groups excluding carboxylic acids is 2. The molecule has 0 spiro atoms. The number of nitrogens with zero attached hydrogens (tertiary/aromatic N) is 4. The van der Waals surface area contributed by atoms with Gasteiger partial charge in [0.1, 0.15) is 5.76 Å². The van der Waals surface area contributed by atoms with Crippen LogP contribution in [0.4, 0.5) is 4.79 Å². The van der Waals surface area contributed by atoms with Gasteiger partial charge in [-0.1, -0.05) is 11.8 Å². The van der Waals surface area contributed by atoms with Crippen LogP contribution in [-0.4, -0.2) is 44.1 Å². The Morgan fingerprint density at radius 3 is 2.85 bits per heavy atom. The Kier molecular flexibility index (Phi) is 5.87. The molecule has 3 aromatic heterocycles. The first kappa shape index (κ1) is 18.6. The Hall–Kier alpha value is -3.14. The molecule has 140 valence electrons. The molecule has 0 saturated carbocycles. The fourth-order valence-electron chi connectivity index (χ4n) is 2.25. The molecule has 3 heterocycles. The topological polar surface area (TPSA) is 112 Å². The minimum absolute atomic E-state index is 0.387. The van der Waals surface area contributed by atoms with Crippen LogP contribution in [0.5, 0.6) is 0 Å². The highest BCUT2D eigenvalue weighted by Crippen LogP contribution is 2.27. The first-order valence-electron chi connectivity index (χ1n) is 8.00. The van der Waals surface area contributed by atoms with Gasteiger partial charge < -0.3 is 9.15 Å². The number of ether oxygens (including phenoxy) is 1. The van der Waals surface area contributed by atoms with E-state index in [9.17, 15) is 9.59 Å². The fraction of sp³-hybridized carbons (Fsp3) is 0.235. The normalized spacial score (nSPS) is 11.8. The molecule has 0 fully saturated rings. The maximum Gasteiger partial charge on any atom is 0.413 e. The van der Waals surface area contributed by atoms with E-state index in [-0.39, 0.29) is 0 Å². The molecule has 0 unspecified atom stereocenters. The molecule has 2 amide bonds. The molecule has 3 aromatic rings. The highest BCUT2D eigenvalue weighted by molar-refractivity contribution is 8.00. The summed E-state index contributed by atoms with van der Waals surface area (Å²) < 4.78 is 11.7. The first-order chi connectivity index (χ1) is 13.1. The van der Waals surface area contributed by atoms with E-state index >= 15 is 0 Å². The van der Waals surface area contributed by atoms with Crippen LogP contribution in [0, 0.1) is 0 Å². The molecular formula is C17H17N5O4S. The summed E-state index contributed by atoms with van der Waals surface area (Å²) in [5.74, 6) is 0.832. The molecule has 10 heteroatoms. The monoisotopic (exact) mass is 387 g/mol. The highest BCUT2D eigenvalue weighted by atomic mass is 32.2. The SMILES string of the molecule is COC(=O)NC(=O)[C@H](C)Sc1nnc(-c2cccnc2)n1Cc1ccco1. The van der Waals surface area contributed by atoms with E-state index in [1.54, 1.807) is 37.7 Å². The van der Waals surface area contributed by atoms with Crippen molar-refractivity contribution in [2.24, 2.45) is 0 Å². The van der Waals surface area contributed by atoms with Gasteiger partial charge in [-0.25, -0.2) is 4.79 Å². The number of alkyl carbamates (subject to hydrolysis) is 1. The van der Waals surface area contributed by atoms with Gasteiger partial charge in [-0.15, -0.1) is 10.2 Å². The van der Waals surface area contributed by atoms with Crippen molar-refractivity contribution in [1.29, 1.82) is 0 Å². The van der Waals surface area contributed by atoms with Gasteiger partial charge >= 0.3 is 6.09 Å². The van der Waals surface area contributed by atoms with Crippen LogP contribution in [0.3, 0.4) is 0 Å². The second-order valence-corrected chi connectivity index (χ2v) is 6.76. The molecular weight excluding hydrogens is 370 g/mol. The number of hydrogen-bond acceptors (Lipinski definition) is 8. The Balaban J connectivity index is 1.87. The number of aromatic nitrogens is 4. The van der Waals surface area contributed by atoms with Crippen LogP contribution < -0.4 is 5.32 Å². The third-order valence-electron chi connectivity index (χ3n) is 3.59. The van der Waals surface area contributed by atoms with E-state index in [1.807, 2.05) is 16.7 Å². The van der Waals surface area contributed by atoms with Crippen LogP contribution in [0.2, 0.25) is 0 Å². The maximum atomic E-state index is 12.1. The number of hydrogen-bond donors (Lipinski definition) is 1. The van der Waals surface area contributed by atoms with E-state index in [2.05, 4.69) is 25.2 Å². The van der Waals surface area contributed by atoms with Gasteiger partial charge in [0.2, 0.25) is 5.91 Å². The van der Waals surface area contributed by atoms with Crippen LogP contribution in [-0.2, 0) is 16.1 Å². The minimum atomic E-state index is -0.805. The number of thioether (sulfide) groups is 1. The van der Waals surface area contributed by atoms with Gasteiger partial charge in [0, 0.05) is 18.0 Å². The number of amides is 2.